The number of hydrogen-bond acceptors (Lipinski definition) is 3. The molecule has 1 atom stereocenters. The van der Waals surface area contributed by atoms with Crippen LogP contribution in [0.2, 0.25) is 5.02 Å². The molecule has 18 heavy (non-hydrogen) atoms. The van der Waals surface area contributed by atoms with E-state index >= 15 is 0 Å². The molecule has 0 bridgehead atoms. The van der Waals surface area contributed by atoms with E-state index < -0.39 is 23.8 Å². The first kappa shape index (κ1) is 14.4. The Balaban J connectivity index is 2.53. The van der Waals surface area contributed by atoms with Gasteiger partial charge in [0.05, 0.1) is 5.56 Å². The molecule has 0 aromatic heterocycles. The van der Waals surface area contributed by atoms with Gasteiger partial charge in [-0.05, 0) is 18.2 Å². The number of aliphatic carboxylic acids is 1. The molecule has 3 N–H and O–H groups in total. The molecule has 1 aromatic rings. The van der Waals surface area contributed by atoms with Gasteiger partial charge in [-0.15, -0.1) is 0 Å². The molecule has 1 aromatic carbocycles. The van der Waals surface area contributed by atoms with Crippen LogP contribution >= 0.6 is 11.6 Å². The molecule has 5 nitrogen and oxygen atoms in total. The number of carboxylic acid groups (broad SMARTS) is 1. The van der Waals surface area contributed by atoms with Gasteiger partial charge in [0, 0.05) is 18.0 Å². The lowest BCUT2D eigenvalue weighted by atomic mass is 10.2. The lowest BCUT2D eigenvalue weighted by Crippen LogP contribution is -2.30. The molecule has 0 aliphatic rings. The Morgan fingerprint density at radius 2 is 2.11 bits per heavy atom. The molecule has 7 heteroatoms. The zero-order valence-corrected chi connectivity index (χ0v) is 9.95. The smallest absolute Gasteiger partial charge is 0.332 e. The van der Waals surface area contributed by atoms with E-state index in [0.29, 0.717) is 0 Å². The van der Waals surface area contributed by atoms with Gasteiger partial charge in [-0.3, -0.25) is 4.79 Å². The lowest BCUT2D eigenvalue weighted by Gasteiger charge is -2.08. The molecule has 1 unspecified atom stereocenters. The fourth-order valence-electron chi connectivity index (χ4n) is 1.21. The molecular formula is C11H11ClFNO4. The van der Waals surface area contributed by atoms with Crippen LogP contribution in [0.1, 0.15) is 16.8 Å². The molecule has 0 aliphatic heterocycles. The third kappa shape index (κ3) is 3.97. The summed E-state index contributed by atoms with van der Waals surface area (Å²) in [7, 11) is 0. The number of amides is 1. The number of carboxylic acids is 1. The third-order valence-corrected chi connectivity index (χ3v) is 2.40. The molecule has 0 radical (unpaired) electrons. The number of nitrogens with one attached hydrogen (secondary N) is 1. The number of carbonyl (C=O) groups excluding carboxylic acids is 1. The maximum atomic E-state index is 13.3. The summed E-state index contributed by atoms with van der Waals surface area (Å²) in [5.41, 5.74) is -0.191. The van der Waals surface area contributed by atoms with Crippen LogP contribution in [-0.2, 0) is 4.79 Å². The SMILES string of the molecule is O=C(NCCC(O)C(=O)O)c1ccc(Cl)cc1F. The van der Waals surface area contributed by atoms with Crippen LogP contribution in [0.3, 0.4) is 0 Å². The second-order valence-electron chi connectivity index (χ2n) is 3.52. The fourth-order valence-corrected chi connectivity index (χ4v) is 1.37. The van der Waals surface area contributed by atoms with Crippen LogP contribution in [0, 0.1) is 5.82 Å². The van der Waals surface area contributed by atoms with Gasteiger partial charge in [0.1, 0.15) is 5.82 Å². The van der Waals surface area contributed by atoms with E-state index in [1.165, 1.54) is 12.1 Å². The van der Waals surface area contributed by atoms with Crippen molar-refractivity contribution in [2.45, 2.75) is 12.5 Å². The standard InChI is InChI=1S/C11H11ClFNO4/c12-6-1-2-7(8(13)5-6)10(16)14-4-3-9(15)11(17)18/h1-2,5,9,15H,3-4H2,(H,14,16)(H,17,18). The zero-order valence-electron chi connectivity index (χ0n) is 9.19. The van der Waals surface area contributed by atoms with Crippen molar-refractivity contribution in [2.24, 2.45) is 0 Å². The van der Waals surface area contributed by atoms with Gasteiger partial charge >= 0.3 is 5.97 Å². The fraction of sp³-hybridized carbons (Fsp3) is 0.273. The van der Waals surface area contributed by atoms with Crippen LogP contribution in [0.5, 0.6) is 0 Å². The molecular weight excluding hydrogens is 265 g/mol. The second-order valence-corrected chi connectivity index (χ2v) is 3.96. The van der Waals surface area contributed by atoms with Gasteiger partial charge in [-0.25, -0.2) is 9.18 Å². The molecule has 1 amide bonds. The summed E-state index contributed by atoms with van der Waals surface area (Å²) in [5.74, 6) is -2.83. The van der Waals surface area contributed by atoms with Crippen molar-refractivity contribution in [3.05, 3.63) is 34.6 Å². The van der Waals surface area contributed by atoms with E-state index in [4.69, 9.17) is 21.8 Å². The van der Waals surface area contributed by atoms with Gasteiger partial charge in [0.15, 0.2) is 6.10 Å². The molecule has 0 fully saturated rings. The Kier molecular flexibility index (Phi) is 5.06. The number of aliphatic hydroxyl groups is 1. The molecule has 98 valence electrons. The van der Waals surface area contributed by atoms with E-state index in [0.717, 1.165) is 6.07 Å². The average molecular weight is 276 g/mol. The first-order chi connectivity index (χ1) is 8.41. The Morgan fingerprint density at radius 3 is 2.67 bits per heavy atom. The largest absolute Gasteiger partial charge is 0.479 e. The highest BCUT2D eigenvalue weighted by molar-refractivity contribution is 6.30. The Bertz CT molecular complexity index is 466. The normalized spacial score (nSPS) is 11.9. The summed E-state index contributed by atoms with van der Waals surface area (Å²) in [4.78, 5) is 21.8. The number of halogens is 2. The van der Waals surface area contributed by atoms with Crippen LogP contribution in [0.4, 0.5) is 4.39 Å². The van der Waals surface area contributed by atoms with Crippen LogP contribution < -0.4 is 5.32 Å². The maximum Gasteiger partial charge on any atom is 0.332 e. The molecule has 0 spiro atoms. The minimum absolute atomic E-state index is 0.0750. The summed E-state index contributed by atoms with van der Waals surface area (Å²) in [6.45, 7) is -0.0750. The Hall–Kier alpha value is -1.66. The highest BCUT2D eigenvalue weighted by atomic mass is 35.5. The number of carbonyl (C=O) groups is 2. The monoisotopic (exact) mass is 275 g/mol. The van der Waals surface area contributed by atoms with E-state index in [1.807, 2.05) is 0 Å². The molecule has 0 saturated carbocycles. The number of hydrogen-bond donors (Lipinski definition) is 3. The van der Waals surface area contributed by atoms with Gasteiger partial charge in [-0.2, -0.15) is 0 Å². The van der Waals surface area contributed by atoms with E-state index in [1.54, 1.807) is 0 Å². The van der Waals surface area contributed by atoms with Crippen molar-refractivity contribution < 1.29 is 24.2 Å². The first-order valence-electron chi connectivity index (χ1n) is 5.06. The number of benzene rings is 1. The molecule has 0 aliphatic carbocycles. The van der Waals surface area contributed by atoms with E-state index in [2.05, 4.69) is 5.32 Å². The van der Waals surface area contributed by atoms with Crippen LogP contribution in [-0.4, -0.2) is 34.7 Å². The first-order valence-corrected chi connectivity index (χ1v) is 5.43. The van der Waals surface area contributed by atoms with Crippen molar-refractivity contribution in [1.29, 1.82) is 0 Å². The van der Waals surface area contributed by atoms with E-state index in [-0.39, 0.29) is 23.6 Å². The van der Waals surface area contributed by atoms with Gasteiger partial charge in [-0.1, -0.05) is 11.6 Å². The van der Waals surface area contributed by atoms with Gasteiger partial charge in [0.25, 0.3) is 5.91 Å². The summed E-state index contributed by atoms with van der Waals surface area (Å²) in [6, 6.07) is 3.59. The number of rotatable bonds is 5. The summed E-state index contributed by atoms with van der Waals surface area (Å²) < 4.78 is 13.3. The van der Waals surface area contributed by atoms with Crippen LogP contribution in [0.15, 0.2) is 18.2 Å². The lowest BCUT2D eigenvalue weighted by molar-refractivity contribution is -0.146. The van der Waals surface area contributed by atoms with Crippen molar-refractivity contribution in [3.63, 3.8) is 0 Å². The van der Waals surface area contributed by atoms with Crippen molar-refractivity contribution in [2.75, 3.05) is 6.54 Å². The minimum atomic E-state index is -1.56. The predicted octanol–water partition coefficient (Wildman–Crippen LogP) is 1.04. The maximum absolute atomic E-state index is 13.3. The second kappa shape index (κ2) is 6.32. The van der Waals surface area contributed by atoms with Crippen LogP contribution in [0.25, 0.3) is 0 Å². The Labute approximate surface area is 107 Å². The summed E-state index contributed by atoms with van der Waals surface area (Å²) in [6.07, 6.45) is -1.71. The van der Waals surface area contributed by atoms with Crippen molar-refractivity contribution in [3.8, 4) is 0 Å². The highest BCUT2D eigenvalue weighted by Crippen LogP contribution is 2.14. The average Bonchev–Trinajstić information content (AvgIpc) is 2.28. The van der Waals surface area contributed by atoms with Crippen molar-refractivity contribution in [1.82, 2.24) is 5.32 Å². The summed E-state index contributed by atoms with van der Waals surface area (Å²) in [5, 5.41) is 19.8. The molecule has 0 saturated heterocycles. The molecule has 0 heterocycles. The topological polar surface area (TPSA) is 86.6 Å². The quantitative estimate of drug-likeness (QED) is 0.749. The van der Waals surface area contributed by atoms with Gasteiger partial charge in [0.2, 0.25) is 0 Å². The Morgan fingerprint density at radius 1 is 1.44 bits per heavy atom. The number of aliphatic hydroxyl groups excluding tert-OH is 1. The zero-order chi connectivity index (χ0) is 13.7. The van der Waals surface area contributed by atoms with Gasteiger partial charge < -0.3 is 15.5 Å². The third-order valence-electron chi connectivity index (χ3n) is 2.16. The summed E-state index contributed by atoms with van der Waals surface area (Å²) >= 11 is 5.53. The van der Waals surface area contributed by atoms with Crippen molar-refractivity contribution >= 4 is 23.5 Å². The molecule has 1 rings (SSSR count). The minimum Gasteiger partial charge on any atom is -0.479 e. The van der Waals surface area contributed by atoms with E-state index in [9.17, 15) is 14.0 Å². The predicted molar refractivity (Wildman–Crippen MR) is 62.0 cm³/mol. The highest BCUT2D eigenvalue weighted by Gasteiger charge is 2.15.